The lowest BCUT2D eigenvalue weighted by atomic mass is 10.1. The van der Waals surface area contributed by atoms with E-state index in [4.69, 9.17) is 5.11 Å². The maximum Gasteiger partial charge on any atom is 0.336 e. The average molecular weight is 352 g/mol. The number of anilines is 1. The number of carboxylic acids is 1. The zero-order chi connectivity index (χ0) is 15.4. The highest BCUT2D eigenvalue weighted by atomic mass is 79.9. The second-order valence-electron chi connectivity index (χ2n) is 4.76. The smallest absolute Gasteiger partial charge is 0.336 e. The Morgan fingerprint density at radius 1 is 1.33 bits per heavy atom. The minimum absolute atomic E-state index is 0.0319. The molecule has 0 aliphatic heterocycles. The molecule has 0 heterocycles. The summed E-state index contributed by atoms with van der Waals surface area (Å²) in [6, 6.07) is 10.9. The molecule has 2 rings (SSSR count). The topological polar surface area (TPSA) is 49.3 Å². The van der Waals surface area contributed by atoms with Gasteiger partial charge in [-0.25, -0.2) is 9.18 Å². The molecule has 0 fully saturated rings. The minimum Gasteiger partial charge on any atom is -0.478 e. The van der Waals surface area contributed by atoms with Gasteiger partial charge in [0, 0.05) is 6.54 Å². The monoisotopic (exact) mass is 351 g/mol. The predicted molar refractivity (Wildman–Crippen MR) is 84.4 cm³/mol. The van der Waals surface area contributed by atoms with E-state index in [1.807, 2.05) is 25.1 Å². The van der Waals surface area contributed by atoms with E-state index < -0.39 is 11.8 Å². The molecule has 0 unspecified atom stereocenters. The molecule has 0 atom stereocenters. The van der Waals surface area contributed by atoms with Crippen LogP contribution in [0.5, 0.6) is 0 Å². The fourth-order valence-corrected chi connectivity index (χ4v) is 2.58. The molecule has 5 heteroatoms. The Kier molecular flexibility index (Phi) is 4.96. The predicted octanol–water partition coefficient (Wildman–Crippen LogP) is 4.25. The van der Waals surface area contributed by atoms with Crippen LogP contribution in [0, 0.1) is 12.7 Å². The first-order valence-electron chi connectivity index (χ1n) is 6.49. The number of carboxylic acid groups (broad SMARTS) is 1. The first-order chi connectivity index (χ1) is 9.99. The van der Waals surface area contributed by atoms with Gasteiger partial charge in [0.2, 0.25) is 0 Å². The van der Waals surface area contributed by atoms with Crippen LogP contribution < -0.4 is 5.32 Å². The van der Waals surface area contributed by atoms with Crippen molar-refractivity contribution in [2.24, 2.45) is 0 Å². The van der Waals surface area contributed by atoms with E-state index >= 15 is 0 Å². The van der Waals surface area contributed by atoms with Crippen molar-refractivity contribution in [1.29, 1.82) is 0 Å². The molecule has 0 spiro atoms. The van der Waals surface area contributed by atoms with Gasteiger partial charge in [0.15, 0.2) is 5.82 Å². The summed E-state index contributed by atoms with van der Waals surface area (Å²) >= 11 is 2.98. The molecule has 0 aromatic heterocycles. The highest BCUT2D eigenvalue weighted by molar-refractivity contribution is 9.10. The average Bonchev–Trinajstić information content (AvgIpc) is 2.43. The van der Waals surface area contributed by atoms with E-state index in [1.165, 1.54) is 23.3 Å². The van der Waals surface area contributed by atoms with Crippen molar-refractivity contribution < 1.29 is 14.3 Å². The van der Waals surface area contributed by atoms with E-state index in [9.17, 15) is 9.18 Å². The Balaban J connectivity index is 2.04. The lowest BCUT2D eigenvalue weighted by molar-refractivity contribution is 0.0695. The number of nitrogens with one attached hydrogen (secondary N) is 1. The second kappa shape index (κ2) is 6.72. The van der Waals surface area contributed by atoms with Gasteiger partial charge in [0.1, 0.15) is 0 Å². The summed E-state index contributed by atoms with van der Waals surface area (Å²) in [5, 5.41) is 11.9. The summed E-state index contributed by atoms with van der Waals surface area (Å²) in [4.78, 5) is 10.9. The van der Waals surface area contributed by atoms with Crippen molar-refractivity contribution >= 4 is 27.6 Å². The van der Waals surface area contributed by atoms with Gasteiger partial charge < -0.3 is 10.4 Å². The fraction of sp³-hybridized carbons (Fsp3) is 0.188. The molecule has 0 radical (unpaired) electrons. The molecular weight excluding hydrogens is 337 g/mol. The first kappa shape index (κ1) is 15.5. The molecule has 3 nitrogen and oxygen atoms in total. The summed E-state index contributed by atoms with van der Waals surface area (Å²) in [5.74, 6) is -1.74. The number of rotatable bonds is 5. The van der Waals surface area contributed by atoms with Crippen LogP contribution in [0.3, 0.4) is 0 Å². The Morgan fingerprint density at radius 2 is 2.10 bits per heavy atom. The molecule has 0 amide bonds. The van der Waals surface area contributed by atoms with E-state index in [2.05, 4.69) is 27.3 Å². The maximum atomic E-state index is 14.0. The normalized spacial score (nSPS) is 10.4. The van der Waals surface area contributed by atoms with Crippen LogP contribution in [0.4, 0.5) is 10.1 Å². The molecule has 2 N–H and O–H groups in total. The maximum absolute atomic E-state index is 14.0. The van der Waals surface area contributed by atoms with Crippen LogP contribution in [-0.2, 0) is 6.42 Å². The number of benzene rings is 2. The Labute approximate surface area is 130 Å². The third-order valence-corrected chi connectivity index (χ3v) is 3.90. The zero-order valence-corrected chi connectivity index (χ0v) is 13.1. The quantitative estimate of drug-likeness (QED) is 0.846. The summed E-state index contributed by atoms with van der Waals surface area (Å²) in [6.07, 6.45) is 0.763. The van der Waals surface area contributed by atoms with Crippen LogP contribution in [-0.4, -0.2) is 17.6 Å². The summed E-state index contributed by atoms with van der Waals surface area (Å²) in [7, 11) is 0. The van der Waals surface area contributed by atoms with Gasteiger partial charge in [0.25, 0.3) is 0 Å². The van der Waals surface area contributed by atoms with Crippen molar-refractivity contribution in [2.75, 3.05) is 11.9 Å². The van der Waals surface area contributed by atoms with Crippen molar-refractivity contribution in [3.8, 4) is 0 Å². The van der Waals surface area contributed by atoms with Crippen molar-refractivity contribution in [1.82, 2.24) is 0 Å². The molecule has 110 valence electrons. The molecule has 21 heavy (non-hydrogen) atoms. The third kappa shape index (κ3) is 3.82. The standard InChI is InChI=1S/C16H15BrFNO2/c1-10-3-2-4-11(9-10)7-8-19-13-6-5-12(16(20)21)14(17)15(13)18/h2-6,9,19H,7-8H2,1H3,(H,20,21). The van der Waals surface area contributed by atoms with Crippen molar-refractivity contribution in [3.63, 3.8) is 0 Å². The Morgan fingerprint density at radius 3 is 2.76 bits per heavy atom. The van der Waals surface area contributed by atoms with Crippen LogP contribution in [0.25, 0.3) is 0 Å². The van der Waals surface area contributed by atoms with E-state index in [-0.39, 0.29) is 10.0 Å². The number of aryl methyl sites for hydroxylation is 1. The Bertz CT molecular complexity index is 673. The number of hydrogen-bond acceptors (Lipinski definition) is 2. The molecular formula is C16H15BrFNO2. The molecule has 0 saturated heterocycles. The largest absolute Gasteiger partial charge is 0.478 e. The minimum atomic E-state index is -1.16. The van der Waals surface area contributed by atoms with Gasteiger partial charge >= 0.3 is 5.97 Å². The van der Waals surface area contributed by atoms with Crippen molar-refractivity contribution in [2.45, 2.75) is 13.3 Å². The van der Waals surface area contributed by atoms with Crippen molar-refractivity contribution in [3.05, 3.63) is 63.4 Å². The second-order valence-corrected chi connectivity index (χ2v) is 5.55. The lowest BCUT2D eigenvalue weighted by Gasteiger charge is -2.10. The van der Waals surface area contributed by atoms with Crippen LogP contribution >= 0.6 is 15.9 Å². The molecule has 0 saturated carbocycles. The number of halogens is 2. The lowest BCUT2D eigenvalue weighted by Crippen LogP contribution is -2.08. The van der Waals surface area contributed by atoms with Crippen LogP contribution in [0.15, 0.2) is 40.9 Å². The summed E-state index contributed by atoms with van der Waals surface area (Å²) in [6.45, 7) is 2.59. The van der Waals surface area contributed by atoms with E-state index in [0.717, 1.165) is 6.42 Å². The highest BCUT2D eigenvalue weighted by Crippen LogP contribution is 2.27. The van der Waals surface area contributed by atoms with E-state index in [1.54, 1.807) is 0 Å². The summed E-state index contributed by atoms with van der Waals surface area (Å²) < 4.78 is 14.0. The highest BCUT2D eigenvalue weighted by Gasteiger charge is 2.15. The number of carbonyl (C=O) groups is 1. The SMILES string of the molecule is Cc1cccc(CCNc2ccc(C(=O)O)c(Br)c2F)c1. The Hall–Kier alpha value is -1.88. The first-order valence-corrected chi connectivity index (χ1v) is 7.29. The molecule has 0 aliphatic rings. The molecule has 2 aromatic rings. The molecule has 2 aromatic carbocycles. The number of hydrogen-bond donors (Lipinski definition) is 2. The van der Waals surface area contributed by atoms with Gasteiger partial charge in [0.05, 0.1) is 15.7 Å². The number of aromatic carboxylic acids is 1. The molecule has 0 bridgehead atoms. The van der Waals surface area contributed by atoms with Gasteiger partial charge in [-0.3, -0.25) is 0 Å². The molecule has 0 aliphatic carbocycles. The van der Waals surface area contributed by atoms with Crippen LogP contribution in [0.1, 0.15) is 21.5 Å². The van der Waals surface area contributed by atoms with Gasteiger partial charge in [-0.1, -0.05) is 29.8 Å². The third-order valence-electron chi connectivity index (χ3n) is 3.12. The van der Waals surface area contributed by atoms with Crippen LogP contribution in [0.2, 0.25) is 0 Å². The van der Waals surface area contributed by atoms with Gasteiger partial charge in [-0.2, -0.15) is 0 Å². The zero-order valence-electron chi connectivity index (χ0n) is 11.5. The fourth-order valence-electron chi connectivity index (χ4n) is 2.06. The summed E-state index contributed by atoms with van der Waals surface area (Å²) in [5.41, 5.74) is 2.56. The van der Waals surface area contributed by atoms with Gasteiger partial charge in [-0.05, 0) is 47.0 Å². The van der Waals surface area contributed by atoms with E-state index in [0.29, 0.717) is 12.2 Å². The van der Waals surface area contributed by atoms with Gasteiger partial charge in [-0.15, -0.1) is 0 Å².